The summed E-state index contributed by atoms with van der Waals surface area (Å²) in [5.41, 5.74) is 4.18. The molecule has 8 nitrogen and oxygen atoms in total. The minimum atomic E-state index is -4.98. The second-order valence-corrected chi connectivity index (χ2v) is 17.2. The number of benzene rings is 4. The van der Waals surface area contributed by atoms with Crippen LogP contribution in [0.5, 0.6) is 0 Å². The van der Waals surface area contributed by atoms with Crippen LogP contribution in [0.15, 0.2) is 48.5 Å². The summed E-state index contributed by atoms with van der Waals surface area (Å²) >= 11 is 0. The molecule has 0 heterocycles. The summed E-state index contributed by atoms with van der Waals surface area (Å²) in [7, 11) is -9.97. The molecule has 0 atom stereocenters. The molecule has 0 fully saturated rings. The first-order chi connectivity index (χ1) is 22.9. The van der Waals surface area contributed by atoms with Gasteiger partial charge in [-0.15, -0.1) is 0 Å². The van der Waals surface area contributed by atoms with Gasteiger partial charge in [0, 0.05) is 22.3 Å². The van der Waals surface area contributed by atoms with Crippen molar-refractivity contribution < 1.29 is 55.2 Å². The molecule has 4 aromatic carbocycles. The first kappa shape index (κ1) is 43.6. The van der Waals surface area contributed by atoms with E-state index in [1.54, 1.807) is 104 Å². The van der Waals surface area contributed by atoms with Crippen molar-refractivity contribution in [2.24, 2.45) is 0 Å². The Kier molecular flexibility index (Phi) is 14.0. The summed E-state index contributed by atoms with van der Waals surface area (Å²) in [6, 6.07) is 13.9. The van der Waals surface area contributed by atoms with E-state index in [2.05, 4.69) is 0 Å². The molecule has 0 saturated heterocycles. The summed E-state index contributed by atoms with van der Waals surface area (Å²) in [4.78, 5) is 76.4. The molecular weight excluding hydrogens is 734 g/mol. The van der Waals surface area contributed by atoms with Crippen LogP contribution in [0.25, 0.3) is 0 Å². The van der Waals surface area contributed by atoms with Crippen molar-refractivity contribution in [1.29, 1.82) is 0 Å². The van der Waals surface area contributed by atoms with Crippen LogP contribution in [-0.4, -0.2) is 22.1 Å². The second-order valence-electron chi connectivity index (χ2n) is 13.4. The standard InChI is InChI=1S/2C20H23O4P.Cu/c2*1-11-7-13(3)17(14(4)8-11)19(21)25(23,24)20(22)18-15(5)9-12(2)10-16(18)6;/h2*7-10H,1-6H3,(H,23,24);/q;;+2/p-2. The van der Waals surface area contributed by atoms with Crippen molar-refractivity contribution in [1.82, 2.24) is 0 Å². The molecule has 51 heavy (non-hydrogen) atoms. The molecule has 0 saturated carbocycles. The van der Waals surface area contributed by atoms with Crippen molar-refractivity contribution in [3.8, 4) is 0 Å². The number of aryl methyl sites for hydroxylation is 12. The van der Waals surface area contributed by atoms with Gasteiger partial charge in [-0.1, -0.05) is 70.8 Å². The SMILES string of the molecule is Cc1cc(C)c(C(=O)P(=O)([O-])C(=O)c2c(C)cc(C)cc2C)c(C)c1.Cc1cc(C)c(C(=O)P(=O)([O-])C(=O)c2c(C)cc(C)cc2C)c(C)c1.[Cu+2]. The quantitative estimate of drug-likeness (QED) is 0.128. The van der Waals surface area contributed by atoms with E-state index in [1.807, 2.05) is 27.7 Å². The van der Waals surface area contributed by atoms with E-state index in [-0.39, 0.29) is 39.3 Å². The first-order valence-corrected chi connectivity index (χ1v) is 19.3. The summed E-state index contributed by atoms with van der Waals surface area (Å²) in [5.74, 6) is 0. The Morgan fingerprint density at radius 3 is 0.588 bits per heavy atom. The van der Waals surface area contributed by atoms with Crippen molar-refractivity contribution in [2.75, 3.05) is 0 Å². The van der Waals surface area contributed by atoms with Gasteiger partial charge in [0.2, 0.25) is 22.1 Å². The summed E-state index contributed by atoms with van der Waals surface area (Å²) < 4.78 is 25.5. The summed E-state index contributed by atoms with van der Waals surface area (Å²) in [6.45, 7) is 20.9. The van der Waals surface area contributed by atoms with E-state index in [1.165, 1.54) is 0 Å². The Morgan fingerprint density at radius 2 is 0.471 bits per heavy atom. The van der Waals surface area contributed by atoms with E-state index in [9.17, 15) is 38.1 Å². The van der Waals surface area contributed by atoms with E-state index in [0.29, 0.717) is 44.5 Å². The van der Waals surface area contributed by atoms with Crippen molar-refractivity contribution in [2.45, 2.75) is 83.1 Å². The van der Waals surface area contributed by atoms with E-state index in [4.69, 9.17) is 0 Å². The van der Waals surface area contributed by atoms with Crippen LogP contribution >= 0.6 is 14.7 Å². The van der Waals surface area contributed by atoms with Gasteiger partial charge in [0.1, 0.15) is 0 Å². The largest absolute Gasteiger partial charge is 2.00 e. The third-order valence-corrected chi connectivity index (χ3v) is 11.7. The third-order valence-electron chi connectivity index (χ3n) is 8.63. The van der Waals surface area contributed by atoms with Crippen LogP contribution in [0, 0.1) is 83.1 Å². The second kappa shape index (κ2) is 16.4. The zero-order chi connectivity index (χ0) is 38.2. The molecule has 11 heteroatoms. The maximum Gasteiger partial charge on any atom is 2.00 e. The number of hydrogen-bond acceptors (Lipinski definition) is 8. The third kappa shape index (κ3) is 9.10. The smallest absolute Gasteiger partial charge is 0.788 e. The Labute approximate surface area is 311 Å². The summed E-state index contributed by atoms with van der Waals surface area (Å²) in [6.07, 6.45) is 0. The number of carbonyl (C=O) groups is 4. The number of rotatable bonds is 8. The molecule has 4 aromatic rings. The summed E-state index contributed by atoms with van der Waals surface area (Å²) in [5, 5.41) is 0. The van der Waals surface area contributed by atoms with Gasteiger partial charge < -0.3 is 18.9 Å². The number of hydrogen-bond donors (Lipinski definition) is 0. The fourth-order valence-electron chi connectivity index (χ4n) is 6.84. The minimum absolute atomic E-state index is 0. The van der Waals surface area contributed by atoms with Crippen molar-refractivity contribution in [3.63, 3.8) is 0 Å². The Morgan fingerprint density at radius 1 is 0.353 bits per heavy atom. The molecule has 0 aliphatic heterocycles. The zero-order valence-electron chi connectivity index (χ0n) is 31.1. The Hall–Kier alpha value is -3.54. The molecule has 0 spiro atoms. The van der Waals surface area contributed by atoms with Crippen LogP contribution in [0.2, 0.25) is 0 Å². The maximum absolute atomic E-state index is 12.7. The molecular formula is C40H44CuO8P2. The molecule has 1 radical (unpaired) electrons. The minimum Gasteiger partial charge on any atom is -0.788 e. The Bertz CT molecular complexity index is 1800. The van der Waals surface area contributed by atoms with E-state index >= 15 is 0 Å². The zero-order valence-corrected chi connectivity index (χ0v) is 33.8. The molecule has 0 bridgehead atoms. The van der Waals surface area contributed by atoms with Crippen LogP contribution in [0.4, 0.5) is 0 Å². The molecule has 0 aliphatic rings. The normalized spacial score (nSPS) is 11.3. The van der Waals surface area contributed by atoms with Crippen molar-refractivity contribution in [3.05, 3.63) is 138 Å². The van der Waals surface area contributed by atoms with Gasteiger partial charge in [-0.25, -0.2) is 0 Å². The molecule has 0 unspecified atom stereocenters. The predicted octanol–water partition coefficient (Wildman–Crippen LogP) is 8.31. The molecule has 0 aromatic heterocycles. The van der Waals surface area contributed by atoms with Gasteiger partial charge in [0.05, 0.1) is 0 Å². The van der Waals surface area contributed by atoms with Gasteiger partial charge in [-0.3, -0.25) is 19.2 Å². The predicted molar refractivity (Wildman–Crippen MR) is 195 cm³/mol. The maximum atomic E-state index is 12.7. The number of carbonyl (C=O) groups excluding carboxylic acids is 4. The Balaban J connectivity index is 0.000000347. The van der Waals surface area contributed by atoms with Crippen LogP contribution in [0.3, 0.4) is 0 Å². The average Bonchev–Trinajstić information content (AvgIpc) is 2.95. The monoisotopic (exact) mass is 777 g/mol. The topological polar surface area (TPSA) is 149 Å². The molecule has 0 aliphatic carbocycles. The van der Waals surface area contributed by atoms with Gasteiger partial charge >= 0.3 is 17.1 Å². The van der Waals surface area contributed by atoms with Gasteiger partial charge in [0.15, 0.2) is 14.7 Å². The average molecular weight is 778 g/mol. The van der Waals surface area contributed by atoms with Crippen LogP contribution in [-0.2, 0) is 26.2 Å². The van der Waals surface area contributed by atoms with Crippen molar-refractivity contribution >= 4 is 36.8 Å². The van der Waals surface area contributed by atoms with Gasteiger partial charge in [-0.2, -0.15) is 0 Å². The molecule has 273 valence electrons. The van der Waals surface area contributed by atoms with E-state index < -0.39 is 36.8 Å². The first-order valence-electron chi connectivity index (χ1n) is 16.1. The van der Waals surface area contributed by atoms with Crippen LogP contribution < -0.4 is 9.79 Å². The molecule has 0 amide bonds. The molecule has 0 N–H and O–H groups in total. The fraction of sp³-hybridized carbons (Fsp3) is 0.300. The van der Waals surface area contributed by atoms with Gasteiger partial charge in [0.25, 0.3) is 0 Å². The molecule has 4 rings (SSSR count). The van der Waals surface area contributed by atoms with Gasteiger partial charge in [-0.05, 0) is 128 Å². The van der Waals surface area contributed by atoms with E-state index in [0.717, 1.165) is 22.3 Å². The fourth-order valence-corrected chi connectivity index (χ4v) is 9.80. The van der Waals surface area contributed by atoms with Crippen LogP contribution in [0.1, 0.15) is 108 Å².